The summed E-state index contributed by atoms with van der Waals surface area (Å²) in [5.74, 6) is 0. The molecule has 2 rings (SSSR count). The lowest BCUT2D eigenvalue weighted by molar-refractivity contribution is 0.151. The van der Waals surface area contributed by atoms with Gasteiger partial charge in [-0.05, 0) is 37.1 Å². The zero-order chi connectivity index (χ0) is 14.4. The SMILES string of the molecule is NCCOCCNc1ccc(S(=O)(=O)NC2CC2)cc1. The summed E-state index contributed by atoms with van der Waals surface area (Å²) >= 11 is 0. The first kappa shape index (κ1) is 15.2. The molecule has 0 aliphatic heterocycles. The first-order valence-electron chi connectivity index (χ1n) is 6.76. The third-order valence-electron chi connectivity index (χ3n) is 2.90. The van der Waals surface area contributed by atoms with E-state index in [2.05, 4.69) is 10.0 Å². The summed E-state index contributed by atoms with van der Waals surface area (Å²) in [6.07, 6.45) is 1.86. The lowest BCUT2D eigenvalue weighted by Crippen LogP contribution is -2.25. The fourth-order valence-corrected chi connectivity index (χ4v) is 3.00. The Morgan fingerprint density at radius 2 is 1.90 bits per heavy atom. The molecule has 0 bridgehead atoms. The molecule has 112 valence electrons. The highest BCUT2D eigenvalue weighted by atomic mass is 32.2. The van der Waals surface area contributed by atoms with Crippen molar-refractivity contribution in [3.8, 4) is 0 Å². The maximum absolute atomic E-state index is 12.0. The van der Waals surface area contributed by atoms with Gasteiger partial charge in [-0.1, -0.05) is 0 Å². The molecule has 4 N–H and O–H groups in total. The van der Waals surface area contributed by atoms with Crippen LogP contribution in [0.3, 0.4) is 0 Å². The molecule has 1 fully saturated rings. The van der Waals surface area contributed by atoms with Gasteiger partial charge in [-0.25, -0.2) is 13.1 Å². The van der Waals surface area contributed by atoms with Gasteiger partial charge in [-0.3, -0.25) is 0 Å². The zero-order valence-electron chi connectivity index (χ0n) is 11.3. The highest BCUT2D eigenvalue weighted by Gasteiger charge is 2.27. The highest BCUT2D eigenvalue weighted by molar-refractivity contribution is 7.89. The fourth-order valence-electron chi connectivity index (χ4n) is 1.69. The normalized spacial score (nSPS) is 15.2. The minimum atomic E-state index is -3.36. The lowest BCUT2D eigenvalue weighted by Gasteiger charge is -2.09. The average Bonchev–Trinajstić information content (AvgIpc) is 3.22. The van der Waals surface area contributed by atoms with Gasteiger partial charge >= 0.3 is 0 Å². The van der Waals surface area contributed by atoms with Gasteiger partial charge in [0.25, 0.3) is 0 Å². The number of nitrogens with two attached hydrogens (primary N) is 1. The average molecular weight is 299 g/mol. The van der Waals surface area contributed by atoms with E-state index in [4.69, 9.17) is 10.5 Å². The molecule has 1 saturated carbocycles. The third-order valence-corrected chi connectivity index (χ3v) is 4.44. The second-order valence-electron chi connectivity index (χ2n) is 4.75. The largest absolute Gasteiger partial charge is 0.383 e. The summed E-state index contributed by atoms with van der Waals surface area (Å²) in [5, 5.41) is 3.15. The van der Waals surface area contributed by atoms with E-state index in [1.54, 1.807) is 24.3 Å². The summed E-state index contributed by atoms with van der Waals surface area (Å²) in [7, 11) is -3.36. The first-order valence-corrected chi connectivity index (χ1v) is 8.24. The van der Waals surface area contributed by atoms with E-state index in [1.807, 2.05) is 0 Å². The Morgan fingerprint density at radius 3 is 2.50 bits per heavy atom. The van der Waals surface area contributed by atoms with Crippen molar-refractivity contribution in [1.29, 1.82) is 0 Å². The topological polar surface area (TPSA) is 93.4 Å². The molecule has 7 heteroatoms. The van der Waals surface area contributed by atoms with Gasteiger partial charge in [0.2, 0.25) is 10.0 Å². The van der Waals surface area contributed by atoms with Crippen LogP contribution in [0.25, 0.3) is 0 Å². The Morgan fingerprint density at radius 1 is 1.20 bits per heavy atom. The van der Waals surface area contributed by atoms with Crippen LogP contribution < -0.4 is 15.8 Å². The quantitative estimate of drug-likeness (QED) is 0.578. The molecule has 20 heavy (non-hydrogen) atoms. The third kappa shape index (κ3) is 4.75. The first-order chi connectivity index (χ1) is 9.62. The number of benzene rings is 1. The molecule has 1 aliphatic rings. The molecular weight excluding hydrogens is 278 g/mol. The predicted octanol–water partition coefficient (Wildman–Crippen LogP) is 0.515. The summed E-state index contributed by atoms with van der Waals surface area (Å²) in [4.78, 5) is 0.300. The van der Waals surface area contributed by atoms with Gasteiger partial charge in [0.1, 0.15) is 0 Å². The van der Waals surface area contributed by atoms with Gasteiger partial charge in [-0.2, -0.15) is 0 Å². The van der Waals surface area contributed by atoms with Crippen molar-refractivity contribution >= 4 is 15.7 Å². The van der Waals surface area contributed by atoms with Crippen LogP contribution in [0, 0.1) is 0 Å². The van der Waals surface area contributed by atoms with E-state index in [0.717, 1.165) is 18.5 Å². The van der Waals surface area contributed by atoms with Crippen LogP contribution in [0.15, 0.2) is 29.2 Å². The maximum atomic E-state index is 12.0. The zero-order valence-corrected chi connectivity index (χ0v) is 12.2. The highest BCUT2D eigenvalue weighted by Crippen LogP contribution is 2.22. The molecule has 6 nitrogen and oxygen atoms in total. The van der Waals surface area contributed by atoms with Crippen molar-refractivity contribution in [3.63, 3.8) is 0 Å². The van der Waals surface area contributed by atoms with Crippen molar-refractivity contribution < 1.29 is 13.2 Å². The maximum Gasteiger partial charge on any atom is 0.240 e. The molecule has 0 atom stereocenters. The van der Waals surface area contributed by atoms with E-state index < -0.39 is 10.0 Å². The van der Waals surface area contributed by atoms with E-state index in [0.29, 0.717) is 31.2 Å². The van der Waals surface area contributed by atoms with Crippen LogP contribution in [0.1, 0.15) is 12.8 Å². The number of hydrogen-bond donors (Lipinski definition) is 3. The number of anilines is 1. The summed E-state index contributed by atoms with van der Waals surface area (Å²) in [6, 6.07) is 6.84. The molecule has 1 aromatic rings. The Hall–Kier alpha value is -1.15. The minimum Gasteiger partial charge on any atom is -0.383 e. The van der Waals surface area contributed by atoms with Crippen molar-refractivity contribution in [2.75, 3.05) is 31.6 Å². The Labute approximate surface area is 119 Å². The van der Waals surface area contributed by atoms with Gasteiger partial charge < -0.3 is 15.8 Å². The molecule has 0 aromatic heterocycles. The second kappa shape index (κ2) is 7.03. The molecule has 0 radical (unpaired) electrons. The minimum absolute atomic E-state index is 0.123. The number of nitrogens with one attached hydrogen (secondary N) is 2. The summed E-state index contributed by atoms with van der Waals surface area (Å²) in [6.45, 7) is 2.29. The van der Waals surface area contributed by atoms with Gasteiger partial charge in [0, 0.05) is 24.8 Å². The summed E-state index contributed by atoms with van der Waals surface area (Å²) in [5.41, 5.74) is 6.18. The van der Waals surface area contributed by atoms with Gasteiger partial charge in [-0.15, -0.1) is 0 Å². The van der Waals surface area contributed by atoms with Crippen LogP contribution >= 0.6 is 0 Å². The van der Waals surface area contributed by atoms with E-state index >= 15 is 0 Å². The van der Waals surface area contributed by atoms with Crippen LogP contribution in [-0.4, -0.2) is 40.8 Å². The number of ether oxygens (including phenoxy) is 1. The Balaban J connectivity index is 1.82. The molecule has 1 aliphatic carbocycles. The molecule has 0 saturated heterocycles. The smallest absolute Gasteiger partial charge is 0.240 e. The molecule has 0 spiro atoms. The predicted molar refractivity (Wildman–Crippen MR) is 78.1 cm³/mol. The second-order valence-corrected chi connectivity index (χ2v) is 6.46. The monoisotopic (exact) mass is 299 g/mol. The van der Waals surface area contributed by atoms with Gasteiger partial charge in [0.15, 0.2) is 0 Å². The molecule has 0 heterocycles. The van der Waals surface area contributed by atoms with Crippen molar-refractivity contribution in [3.05, 3.63) is 24.3 Å². The van der Waals surface area contributed by atoms with Crippen LogP contribution in [0.2, 0.25) is 0 Å². The van der Waals surface area contributed by atoms with Crippen LogP contribution in [-0.2, 0) is 14.8 Å². The Kier molecular flexibility index (Phi) is 5.36. The lowest BCUT2D eigenvalue weighted by atomic mass is 10.3. The van der Waals surface area contributed by atoms with Gasteiger partial charge in [0.05, 0.1) is 18.1 Å². The summed E-state index contributed by atoms with van der Waals surface area (Å²) < 4.78 is 31.8. The molecule has 0 unspecified atom stereocenters. The van der Waals surface area contributed by atoms with E-state index in [9.17, 15) is 8.42 Å². The molecular formula is C13H21N3O3S. The van der Waals surface area contributed by atoms with Crippen molar-refractivity contribution in [2.45, 2.75) is 23.8 Å². The van der Waals surface area contributed by atoms with Crippen molar-refractivity contribution in [1.82, 2.24) is 4.72 Å². The van der Waals surface area contributed by atoms with E-state index in [-0.39, 0.29) is 6.04 Å². The van der Waals surface area contributed by atoms with Crippen LogP contribution in [0.4, 0.5) is 5.69 Å². The van der Waals surface area contributed by atoms with Crippen molar-refractivity contribution in [2.24, 2.45) is 5.73 Å². The number of rotatable bonds is 9. The number of sulfonamides is 1. The van der Waals surface area contributed by atoms with E-state index in [1.165, 1.54) is 0 Å². The van der Waals surface area contributed by atoms with Crippen LogP contribution in [0.5, 0.6) is 0 Å². The Bertz CT molecular complexity index is 512. The number of hydrogen-bond acceptors (Lipinski definition) is 5. The molecule has 0 amide bonds. The standard InChI is InChI=1S/C13H21N3O3S/c14-7-9-19-10-8-15-11-3-5-13(6-4-11)20(17,18)16-12-1-2-12/h3-6,12,15-16H,1-2,7-10,14H2. The fraction of sp³-hybridized carbons (Fsp3) is 0.538. The molecule has 1 aromatic carbocycles.